The van der Waals surface area contributed by atoms with Gasteiger partial charge in [-0.05, 0) is 85.0 Å². The summed E-state index contributed by atoms with van der Waals surface area (Å²) in [5, 5.41) is 24.6. The number of ether oxygens (including phenoxy) is 1. The summed E-state index contributed by atoms with van der Waals surface area (Å²) in [5.74, 6) is -1.04. The van der Waals surface area contributed by atoms with Crippen LogP contribution in [-0.2, 0) is 17.0 Å². The Kier molecular flexibility index (Phi) is 8.93. The molecule has 0 radical (unpaired) electrons. The van der Waals surface area contributed by atoms with Crippen molar-refractivity contribution in [1.29, 1.82) is 0 Å². The molecule has 0 aromatic heterocycles. The SMILES string of the molecule is O=C(O)c1ccc(COc2c(Br)cc(/C=N/NC(=O)C(O)(c3ccccc3)c3ccccc3)cc2I)cc1. The van der Waals surface area contributed by atoms with Gasteiger partial charge in [0.15, 0.2) is 5.60 Å². The van der Waals surface area contributed by atoms with E-state index in [9.17, 15) is 14.7 Å². The number of amides is 1. The first-order chi connectivity index (χ1) is 18.3. The number of halogens is 2. The van der Waals surface area contributed by atoms with Gasteiger partial charge in [-0.1, -0.05) is 72.8 Å². The number of carboxylic acid groups (broad SMARTS) is 1. The summed E-state index contributed by atoms with van der Waals surface area (Å²) in [7, 11) is 0. The van der Waals surface area contributed by atoms with Gasteiger partial charge in [-0.15, -0.1) is 0 Å². The molecule has 7 nitrogen and oxygen atoms in total. The maximum atomic E-state index is 13.2. The summed E-state index contributed by atoms with van der Waals surface area (Å²) < 4.78 is 7.43. The molecule has 0 saturated heterocycles. The molecule has 38 heavy (non-hydrogen) atoms. The van der Waals surface area contributed by atoms with E-state index >= 15 is 0 Å². The number of aromatic carboxylic acids is 1. The van der Waals surface area contributed by atoms with Crippen molar-refractivity contribution in [3.05, 3.63) is 133 Å². The summed E-state index contributed by atoms with van der Waals surface area (Å²) >= 11 is 5.66. The highest BCUT2D eigenvalue weighted by Gasteiger charge is 2.39. The number of benzene rings is 4. The fraction of sp³-hybridized carbons (Fsp3) is 0.0690. The van der Waals surface area contributed by atoms with Crippen LogP contribution in [0.25, 0.3) is 0 Å². The zero-order valence-electron chi connectivity index (χ0n) is 19.8. The van der Waals surface area contributed by atoms with Crippen LogP contribution >= 0.6 is 38.5 Å². The zero-order valence-corrected chi connectivity index (χ0v) is 23.6. The molecule has 0 bridgehead atoms. The first-order valence-electron chi connectivity index (χ1n) is 11.4. The lowest BCUT2D eigenvalue weighted by atomic mass is 9.85. The van der Waals surface area contributed by atoms with Crippen LogP contribution in [-0.4, -0.2) is 28.3 Å². The topological polar surface area (TPSA) is 108 Å². The number of rotatable bonds is 9. The predicted octanol–water partition coefficient (Wildman–Crippen LogP) is 5.72. The molecule has 0 aliphatic rings. The van der Waals surface area contributed by atoms with Gasteiger partial charge in [0.05, 0.1) is 19.8 Å². The van der Waals surface area contributed by atoms with E-state index in [-0.39, 0.29) is 12.2 Å². The molecule has 0 aliphatic carbocycles. The number of hydrazone groups is 1. The molecule has 4 rings (SSSR count). The summed E-state index contributed by atoms with van der Waals surface area (Å²) in [6.07, 6.45) is 1.48. The molecule has 0 saturated carbocycles. The van der Waals surface area contributed by atoms with Crippen LogP contribution in [0.3, 0.4) is 0 Å². The maximum Gasteiger partial charge on any atom is 0.335 e. The van der Waals surface area contributed by atoms with Crippen LogP contribution in [0.1, 0.15) is 32.6 Å². The molecule has 9 heteroatoms. The summed E-state index contributed by atoms with van der Waals surface area (Å²) in [6.45, 7) is 0.259. The highest BCUT2D eigenvalue weighted by molar-refractivity contribution is 14.1. The van der Waals surface area contributed by atoms with Crippen LogP contribution in [0.15, 0.2) is 107 Å². The third-order valence-electron chi connectivity index (χ3n) is 5.70. The van der Waals surface area contributed by atoms with E-state index in [1.807, 2.05) is 18.2 Å². The molecule has 0 spiro atoms. The maximum absolute atomic E-state index is 13.2. The van der Waals surface area contributed by atoms with Gasteiger partial charge in [0.2, 0.25) is 0 Å². The lowest BCUT2D eigenvalue weighted by molar-refractivity contribution is -0.136. The van der Waals surface area contributed by atoms with Crippen molar-refractivity contribution in [1.82, 2.24) is 5.43 Å². The first-order valence-corrected chi connectivity index (χ1v) is 13.3. The molecule has 0 unspecified atom stereocenters. The molecule has 0 heterocycles. The van der Waals surface area contributed by atoms with E-state index in [0.717, 1.165) is 9.13 Å². The monoisotopic (exact) mass is 684 g/mol. The molecule has 0 aliphatic heterocycles. The largest absolute Gasteiger partial charge is 0.487 e. The first kappa shape index (κ1) is 27.5. The molecular weight excluding hydrogens is 663 g/mol. The van der Waals surface area contributed by atoms with Crippen molar-refractivity contribution >= 4 is 56.6 Å². The molecular formula is C29H22BrIN2O5. The second-order valence-electron chi connectivity index (χ2n) is 8.25. The smallest absolute Gasteiger partial charge is 0.335 e. The van der Waals surface area contributed by atoms with E-state index in [2.05, 4.69) is 49.0 Å². The number of hydrogen-bond donors (Lipinski definition) is 3. The van der Waals surface area contributed by atoms with E-state index in [1.165, 1.54) is 18.3 Å². The Morgan fingerprint density at radius 3 is 2.05 bits per heavy atom. The number of carbonyl (C=O) groups is 2. The van der Waals surface area contributed by atoms with Gasteiger partial charge >= 0.3 is 5.97 Å². The van der Waals surface area contributed by atoms with Crippen molar-refractivity contribution in [2.75, 3.05) is 0 Å². The lowest BCUT2D eigenvalue weighted by Crippen LogP contribution is -2.43. The normalized spacial score (nSPS) is 11.3. The number of nitrogens with one attached hydrogen (secondary N) is 1. The average Bonchev–Trinajstić information content (AvgIpc) is 2.93. The average molecular weight is 685 g/mol. The van der Waals surface area contributed by atoms with Crippen molar-refractivity contribution in [3.63, 3.8) is 0 Å². The Hall–Kier alpha value is -3.54. The van der Waals surface area contributed by atoms with Crippen molar-refractivity contribution in [2.45, 2.75) is 12.2 Å². The summed E-state index contributed by atoms with van der Waals surface area (Å²) in [4.78, 5) is 24.2. The minimum absolute atomic E-state index is 0.214. The predicted molar refractivity (Wildman–Crippen MR) is 156 cm³/mol. The van der Waals surface area contributed by atoms with Crippen molar-refractivity contribution < 1.29 is 24.5 Å². The third kappa shape index (κ3) is 6.29. The van der Waals surface area contributed by atoms with E-state index in [1.54, 1.807) is 66.7 Å². The van der Waals surface area contributed by atoms with Crippen molar-refractivity contribution in [2.24, 2.45) is 5.10 Å². The van der Waals surface area contributed by atoms with Gasteiger partial charge in [-0.25, -0.2) is 10.2 Å². The number of nitrogens with zero attached hydrogens (tertiary/aromatic N) is 1. The van der Waals surface area contributed by atoms with Crippen molar-refractivity contribution in [3.8, 4) is 5.75 Å². The van der Waals surface area contributed by atoms with Crippen LogP contribution in [0, 0.1) is 3.57 Å². The highest BCUT2D eigenvalue weighted by atomic mass is 127. The number of carbonyl (C=O) groups excluding carboxylic acids is 1. The molecule has 192 valence electrons. The second-order valence-corrected chi connectivity index (χ2v) is 10.3. The van der Waals surface area contributed by atoms with E-state index < -0.39 is 17.5 Å². The molecule has 3 N–H and O–H groups in total. The Morgan fingerprint density at radius 1 is 0.947 bits per heavy atom. The molecule has 4 aromatic rings. The van der Waals surface area contributed by atoms with E-state index in [0.29, 0.717) is 26.9 Å². The van der Waals surface area contributed by atoms with Crippen LogP contribution in [0.2, 0.25) is 0 Å². The minimum Gasteiger partial charge on any atom is -0.487 e. The fourth-order valence-electron chi connectivity index (χ4n) is 3.72. The quantitative estimate of drug-likeness (QED) is 0.119. The Morgan fingerprint density at radius 2 is 1.53 bits per heavy atom. The Balaban J connectivity index is 1.47. The number of aliphatic hydroxyl groups is 1. The third-order valence-corrected chi connectivity index (χ3v) is 7.09. The number of carboxylic acids is 1. The highest BCUT2D eigenvalue weighted by Crippen LogP contribution is 2.33. The minimum atomic E-state index is -1.92. The van der Waals surface area contributed by atoms with Gasteiger partial charge in [0.25, 0.3) is 5.91 Å². The zero-order chi connectivity index (χ0) is 27.1. The van der Waals surface area contributed by atoms with E-state index in [4.69, 9.17) is 9.84 Å². The van der Waals surface area contributed by atoms with Gasteiger partial charge in [0, 0.05) is 0 Å². The van der Waals surface area contributed by atoms with Gasteiger partial charge in [0.1, 0.15) is 12.4 Å². The summed E-state index contributed by atoms with van der Waals surface area (Å²) in [6, 6.07) is 27.5. The van der Waals surface area contributed by atoms with Crippen LogP contribution < -0.4 is 10.2 Å². The Bertz CT molecular complexity index is 1400. The van der Waals surface area contributed by atoms with Crippen LogP contribution in [0.5, 0.6) is 5.75 Å². The molecule has 0 atom stereocenters. The second kappa shape index (κ2) is 12.3. The molecule has 1 amide bonds. The van der Waals surface area contributed by atoms with Crippen LogP contribution in [0.4, 0.5) is 0 Å². The van der Waals surface area contributed by atoms with Gasteiger partial charge in [-0.2, -0.15) is 5.10 Å². The lowest BCUT2D eigenvalue weighted by Gasteiger charge is -2.27. The summed E-state index contributed by atoms with van der Waals surface area (Å²) in [5.41, 5.74) is 3.14. The Labute approximate surface area is 241 Å². The molecule has 4 aromatic carbocycles. The van der Waals surface area contributed by atoms with Gasteiger partial charge in [-0.3, -0.25) is 4.79 Å². The van der Waals surface area contributed by atoms with Gasteiger partial charge < -0.3 is 14.9 Å². The standard InChI is InChI=1S/C29H22BrIN2O5/c30-24-15-20(16-25(31)26(24)38-18-19-11-13-21(14-12-19)27(34)35)17-32-33-28(36)29(37,22-7-3-1-4-8-22)23-9-5-2-6-10-23/h1-17,37H,18H2,(H,33,36)(H,34,35)/b32-17+. The fourth-order valence-corrected chi connectivity index (χ4v) is 5.49. The molecule has 0 fully saturated rings. The number of hydrogen-bond acceptors (Lipinski definition) is 5.